The quantitative estimate of drug-likeness (QED) is 0.464. The summed E-state index contributed by atoms with van der Waals surface area (Å²) in [6.45, 7) is 0.756. The molecule has 23 heavy (non-hydrogen) atoms. The second-order valence-electron chi connectivity index (χ2n) is 4.65. The zero-order chi connectivity index (χ0) is 16.7. The molecule has 0 amide bonds. The van der Waals surface area contributed by atoms with Gasteiger partial charge in [-0.2, -0.15) is 11.8 Å². The Hall–Kier alpha value is -0.650. The van der Waals surface area contributed by atoms with Gasteiger partial charge in [0.25, 0.3) is 0 Å². The monoisotopic (exact) mass is 404 g/mol. The zero-order valence-corrected chi connectivity index (χ0v) is 16.0. The van der Waals surface area contributed by atoms with Crippen LogP contribution in [0.1, 0.15) is 5.56 Å². The Balaban J connectivity index is 1.67. The van der Waals surface area contributed by atoms with Crippen molar-refractivity contribution in [2.75, 3.05) is 17.6 Å². The molecule has 0 aliphatic carbocycles. The van der Waals surface area contributed by atoms with Gasteiger partial charge in [-0.1, -0.05) is 53.0 Å². The van der Waals surface area contributed by atoms with Crippen molar-refractivity contribution >= 4 is 69.6 Å². The number of rotatable bonds is 6. The van der Waals surface area contributed by atoms with Crippen LogP contribution in [0.2, 0.25) is 15.1 Å². The van der Waals surface area contributed by atoms with Crippen LogP contribution in [-0.2, 0) is 5.75 Å². The van der Waals surface area contributed by atoms with Crippen molar-refractivity contribution in [2.24, 2.45) is 0 Å². The average Bonchev–Trinajstić information content (AvgIpc) is 2.51. The van der Waals surface area contributed by atoms with Gasteiger partial charge < -0.3 is 10.6 Å². The van der Waals surface area contributed by atoms with Gasteiger partial charge in [-0.15, -0.1) is 0 Å². The summed E-state index contributed by atoms with van der Waals surface area (Å²) in [6, 6.07) is 13.1. The Bertz CT molecular complexity index is 680. The van der Waals surface area contributed by atoms with E-state index in [-0.39, 0.29) is 0 Å². The van der Waals surface area contributed by atoms with Gasteiger partial charge in [-0.3, -0.25) is 0 Å². The van der Waals surface area contributed by atoms with Gasteiger partial charge >= 0.3 is 0 Å². The predicted octanol–water partition coefficient (Wildman–Crippen LogP) is 5.87. The third-order valence-electron chi connectivity index (χ3n) is 2.93. The van der Waals surface area contributed by atoms with Crippen LogP contribution in [0.4, 0.5) is 5.69 Å². The zero-order valence-electron chi connectivity index (χ0n) is 12.1. The highest BCUT2D eigenvalue weighted by atomic mass is 35.5. The van der Waals surface area contributed by atoms with Crippen LogP contribution >= 0.6 is 58.8 Å². The minimum absolute atomic E-state index is 0.559. The standard InChI is InChI=1S/C16H15Cl3N2S2/c17-12-6-5-11(14(19)9-12)10-23-8-7-20-16(22)21-15-4-2-1-3-13(15)18/h1-6,9H,7-8,10H2,(H2,20,21,22). The molecule has 0 aromatic heterocycles. The largest absolute Gasteiger partial charge is 0.362 e. The lowest BCUT2D eigenvalue weighted by Gasteiger charge is -2.11. The summed E-state index contributed by atoms with van der Waals surface area (Å²) in [5, 5.41) is 8.79. The number of hydrogen-bond donors (Lipinski definition) is 2. The number of para-hydroxylation sites is 1. The van der Waals surface area contributed by atoms with Crippen LogP contribution in [0, 0.1) is 0 Å². The number of hydrogen-bond acceptors (Lipinski definition) is 2. The molecule has 0 aliphatic heterocycles. The predicted molar refractivity (Wildman–Crippen MR) is 108 cm³/mol. The fraction of sp³-hybridized carbons (Fsp3) is 0.188. The SMILES string of the molecule is S=C(NCCSCc1ccc(Cl)cc1Cl)Nc1ccccc1Cl. The normalized spacial score (nSPS) is 10.4. The lowest BCUT2D eigenvalue weighted by molar-refractivity contribution is 0.990. The van der Waals surface area contributed by atoms with Gasteiger partial charge in [0.2, 0.25) is 0 Å². The molecule has 2 aromatic rings. The maximum Gasteiger partial charge on any atom is 0.170 e. The molecule has 0 bridgehead atoms. The first-order valence-corrected chi connectivity index (χ1v) is 9.57. The van der Waals surface area contributed by atoms with Gasteiger partial charge in [-0.25, -0.2) is 0 Å². The second-order valence-corrected chi connectivity index (χ2v) is 7.41. The summed E-state index contributed by atoms with van der Waals surface area (Å²) in [6.07, 6.45) is 0. The summed E-state index contributed by atoms with van der Waals surface area (Å²) in [5.74, 6) is 1.74. The van der Waals surface area contributed by atoms with E-state index in [0.29, 0.717) is 20.2 Å². The molecule has 2 rings (SSSR count). The first-order chi connectivity index (χ1) is 11.1. The Morgan fingerprint density at radius 2 is 1.83 bits per heavy atom. The number of thiocarbonyl (C=S) groups is 1. The maximum absolute atomic E-state index is 6.14. The Kier molecular flexibility index (Phi) is 7.80. The molecule has 2 N–H and O–H groups in total. The third-order valence-corrected chi connectivity index (χ3v) is 5.10. The van der Waals surface area contributed by atoms with Crippen molar-refractivity contribution in [1.29, 1.82) is 0 Å². The van der Waals surface area contributed by atoms with E-state index in [9.17, 15) is 0 Å². The van der Waals surface area contributed by atoms with E-state index < -0.39 is 0 Å². The highest BCUT2D eigenvalue weighted by Gasteiger charge is 2.03. The summed E-state index contributed by atoms with van der Waals surface area (Å²) in [4.78, 5) is 0. The smallest absolute Gasteiger partial charge is 0.170 e. The van der Waals surface area contributed by atoms with Crippen molar-refractivity contribution in [1.82, 2.24) is 5.32 Å². The van der Waals surface area contributed by atoms with Crippen molar-refractivity contribution in [3.8, 4) is 0 Å². The van der Waals surface area contributed by atoms with E-state index in [4.69, 9.17) is 47.0 Å². The summed E-state index contributed by atoms with van der Waals surface area (Å²) < 4.78 is 0. The number of anilines is 1. The molecule has 0 heterocycles. The molecule has 0 fully saturated rings. The fourth-order valence-corrected chi connectivity index (χ4v) is 3.60. The minimum Gasteiger partial charge on any atom is -0.362 e. The van der Waals surface area contributed by atoms with Crippen LogP contribution in [0.15, 0.2) is 42.5 Å². The molecular formula is C16H15Cl3N2S2. The van der Waals surface area contributed by atoms with Crippen LogP contribution < -0.4 is 10.6 Å². The van der Waals surface area contributed by atoms with Crippen LogP contribution in [0.25, 0.3) is 0 Å². The lowest BCUT2D eigenvalue weighted by Crippen LogP contribution is -2.30. The average molecular weight is 406 g/mol. The number of halogens is 3. The maximum atomic E-state index is 6.14. The van der Waals surface area contributed by atoms with Gasteiger partial charge in [0.15, 0.2) is 5.11 Å². The van der Waals surface area contributed by atoms with Crippen molar-refractivity contribution in [3.05, 3.63) is 63.1 Å². The minimum atomic E-state index is 0.559. The number of nitrogens with one attached hydrogen (secondary N) is 2. The molecule has 0 saturated heterocycles. The van der Waals surface area contributed by atoms with Crippen molar-refractivity contribution in [3.63, 3.8) is 0 Å². The molecule has 122 valence electrons. The Morgan fingerprint density at radius 3 is 2.57 bits per heavy atom. The molecule has 0 unspecified atom stereocenters. The molecule has 2 nitrogen and oxygen atoms in total. The van der Waals surface area contributed by atoms with E-state index in [2.05, 4.69) is 10.6 Å². The van der Waals surface area contributed by atoms with Gasteiger partial charge in [0, 0.05) is 28.1 Å². The van der Waals surface area contributed by atoms with Gasteiger partial charge in [-0.05, 0) is 42.0 Å². The fourth-order valence-electron chi connectivity index (χ4n) is 1.79. The van der Waals surface area contributed by atoms with E-state index in [0.717, 1.165) is 29.3 Å². The van der Waals surface area contributed by atoms with Crippen LogP contribution in [0.5, 0.6) is 0 Å². The van der Waals surface area contributed by atoms with E-state index in [1.165, 1.54) is 0 Å². The highest BCUT2D eigenvalue weighted by molar-refractivity contribution is 7.98. The number of benzene rings is 2. The molecule has 0 radical (unpaired) electrons. The summed E-state index contributed by atoms with van der Waals surface area (Å²) in [5.41, 5.74) is 1.88. The first-order valence-electron chi connectivity index (χ1n) is 6.87. The first kappa shape index (κ1) is 18.7. The lowest BCUT2D eigenvalue weighted by atomic mass is 10.2. The van der Waals surface area contributed by atoms with Crippen LogP contribution in [0.3, 0.4) is 0 Å². The molecule has 0 aliphatic rings. The Labute approximate surface area is 160 Å². The van der Waals surface area contributed by atoms with E-state index in [1.807, 2.05) is 36.4 Å². The Morgan fingerprint density at radius 1 is 1.04 bits per heavy atom. The van der Waals surface area contributed by atoms with E-state index >= 15 is 0 Å². The molecule has 0 atom stereocenters. The second kappa shape index (κ2) is 9.60. The summed E-state index contributed by atoms with van der Waals surface area (Å²) in [7, 11) is 0. The molecule has 2 aromatic carbocycles. The third kappa shape index (κ3) is 6.40. The van der Waals surface area contributed by atoms with E-state index in [1.54, 1.807) is 17.8 Å². The highest BCUT2D eigenvalue weighted by Crippen LogP contribution is 2.24. The van der Waals surface area contributed by atoms with Crippen molar-refractivity contribution < 1.29 is 0 Å². The van der Waals surface area contributed by atoms with Gasteiger partial charge in [0.05, 0.1) is 10.7 Å². The topological polar surface area (TPSA) is 24.1 Å². The molecule has 7 heteroatoms. The summed E-state index contributed by atoms with van der Waals surface area (Å²) >= 11 is 25.1. The molecular weight excluding hydrogens is 391 g/mol. The molecule has 0 spiro atoms. The van der Waals surface area contributed by atoms with Crippen molar-refractivity contribution in [2.45, 2.75) is 5.75 Å². The molecule has 0 saturated carbocycles. The van der Waals surface area contributed by atoms with Gasteiger partial charge in [0.1, 0.15) is 0 Å². The number of thioether (sulfide) groups is 1. The van der Waals surface area contributed by atoms with Crippen LogP contribution in [-0.4, -0.2) is 17.4 Å².